The minimum atomic E-state index is -0.707. The molecule has 1 N–H and O–H groups in total. The molecule has 0 amide bonds. The lowest BCUT2D eigenvalue weighted by Gasteiger charge is -2.48. The van der Waals surface area contributed by atoms with Gasteiger partial charge in [0.05, 0.1) is 18.1 Å². The second kappa shape index (κ2) is 4.78. The van der Waals surface area contributed by atoms with Crippen LogP contribution in [-0.4, -0.2) is 40.2 Å². The lowest BCUT2D eigenvalue weighted by Crippen LogP contribution is -2.63. The summed E-state index contributed by atoms with van der Waals surface area (Å²) in [7, 11) is 0. The Labute approximate surface area is 87.3 Å². The van der Waals surface area contributed by atoms with Gasteiger partial charge in [0.1, 0.15) is 0 Å². The van der Waals surface area contributed by atoms with E-state index >= 15 is 0 Å². The third-order valence-corrected chi connectivity index (χ3v) is 3.29. The summed E-state index contributed by atoms with van der Waals surface area (Å²) in [5.41, 5.74) is 0. The maximum atomic E-state index is 10.9. The zero-order valence-electron chi connectivity index (χ0n) is 10.2. The molecule has 0 unspecified atom stereocenters. The van der Waals surface area contributed by atoms with Gasteiger partial charge in [-0.25, -0.2) is 4.79 Å². The highest BCUT2D eigenvalue weighted by Crippen LogP contribution is 2.23. The van der Waals surface area contributed by atoms with Crippen LogP contribution in [0.3, 0.4) is 0 Å². The average molecular weight is 202 g/mol. The number of carboxylic acids is 1. The fourth-order valence-electron chi connectivity index (χ4n) is 2.57. The largest absolute Gasteiger partial charge is 0.477 e. The molecule has 0 aliphatic heterocycles. The van der Waals surface area contributed by atoms with Gasteiger partial charge in [-0.1, -0.05) is 0 Å². The van der Waals surface area contributed by atoms with Gasteiger partial charge in [-0.05, 0) is 41.5 Å². The summed E-state index contributed by atoms with van der Waals surface area (Å²) in [6.07, 6.45) is 0. The number of aliphatic carboxylic acids is 1. The Hall–Kier alpha value is -0.570. The van der Waals surface area contributed by atoms with Crippen molar-refractivity contribution in [3.63, 3.8) is 0 Å². The highest BCUT2D eigenvalue weighted by molar-refractivity contribution is 5.68. The second-order valence-electron chi connectivity index (χ2n) is 4.83. The van der Waals surface area contributed by atoms with Crippen molar-refractivity contribution >= 4 is 5.97 Å². The van der Waals surface area contributed by atoms with Crippen molar-refractivity contribution in [2.45, 2.75) is 59.7 Å². The van der Waals surface area contributed by atoms with Crippen LogP contribution in [0.15, 0.2) is 0 Å². The van der Waals surface area contributed by atoms with Crippen LogP contribution in [0.5, 0.6) is 0 Å². The summed E-state index contributed by atoms with van der Waals surface area (Å²) in [5.74, 6) is -0.707. The van der Waals surface area contributed by atoms with Crippen LogP contribution in [-0.2, 0) is 4.79 Å². The van der Waals surface area contributed by atoms with Crippen LogP contribution in [0.25, 0.3) is 0 Å². The van der Waals surface area contributed by atoms with Gasteiger partial charge < -0.3 is 9.59 Å². The van der Waals surface area contributed by atoms with Crippen LogP contribution in [0, 0.1) is 0 Å². The van der Waals surface area contributed by atoms with Crippen molar-refractivity contribution < 1.29 is 14.4 Å². The van der Waals surface area contributed by atoms with Gasteiger partial charge in [0.15, 0.2) is 6.54 Å². The van der Waals surface area contributed by atoms with E-state index in [1.54, 1.807) is 0 Å². The van der Waals surface area contributed by atoms with E-state index in [4.69, 9.17) is 5.11 Å². The van der Waals surface area contributed by atoms with E-state index in [2.05, 4.69) is 41.5 Å². The smallest absolute Gasteiger partial charge is 0.359 e. The van der Waals surface area contributed by atoms with Crippen LogP contribution >= 0.6 is 0 Å². The van der Waals surface area contributed by atoms with E-state index in [1.165, 1.54) is 0 Å². The van der Waals surface area contributed by atoms with Crippen LogP contribution < -0.4 is 0 Å². The molecule has 84 valence electrons. The third-order valence-electron chi connectivity index (χ3n) is 3.29. The molecule has 0 saturated carbocycles. The molecule has 0 heterocycles. The topological polar surface area (TPSA) is 37.3 Å². The Morgan fingerprint density at radius 2 is 1.29 bits per heavy atom. The van der Waals surface area contributed by atoms with Gasteiger partial charge in [-0.3, -0.25) is 0 Å². The number of hydrogen-bond acceptors (Lipinski definition) is 1. The first kappa shape index (κ1) is 13.4. The predicted molar refractivity (Wildman–Crippen MR) is 58.2 cm³/mol. The molecule has 3 nitrogen and oxygen atoms in total. The van der Waals surface area contributed by atoms with Gasteiger partial charge in [-0.2, -0.15) is 0 Å². The van der Waals surface area contributed by atoms with E-state index in [-0.39, 0.29) is 6.54 Å². The Kier molecular flexibility index (Phi) is 4.59. The average Bonchev–Trinajstić information content (AvgIpc) is 1.97. The predicted octanol–water partition coefficient (Wildman–Crippen LogP) is 2.11. The molecule has 0 aromatic carbocycles. The van der Waals surface area contributed by atoms with Crippen LogP contribution in [0.2, 0.25) is 0 Å². The molecule has 0 rings (SSSR count). The number of nitrogens with zero attached hydrogens (tertiary/aromatic N) is 1. The number of hydrogen-bond donors (Lipinski definition) is 1. The van der Waals surface area contributed by atoms with Crippen molar-refractivity contribution in [1.29, 1.82) is 0 Å². The molecule has 0 aromatic rings. The maximum absolute atomic E-state index is 10.9. The zero-order valence-corrected chi connectivity index (χ0v) is 10.2. The van der Waals surface area contributed by atoms with Crippen molar-refractivity contribution in [2.75, 3.05) is 6.54 Å². The number of rotatable bonds is 5. The van der Waals surface area contributed by atoms with Crippen molar-refractivity contribution in [2.24, 2.45) is 0 Å². The van der Waals surface area contributed by atoms with Gasteiger partial charge in [0.25, 0.3) is 0 Å². The van der Waals surface area contributed by atoms with E-state index < -0.39 is 5.97 Å². The molecule has 0 atom stereocenters. The normalized spacial score (nSPS) is 12.9. The molecule has 0 saturated heterocycles. The molecule has 14 heavy (non-hydrogen) atoms. The Morgan fingerprint density at radius 3 is 1.36 bits per heavy atom. The first-order valence-corrected chi connectivity index (χ1v) is 5.34. The van der Waals surface area contributed by atoms with Gasteiger partial charge in [-0.15, -0.1) is 0 Å². The first-order chi connectivity index (χ1) is 6.25. The fourth-order valence-corrected chi connectivity index (χ4v) is 2.57. The minimum Gasteiger partial charge on any atom is -0.477 e. The molecule has 0 bridgehead atoms. The Balaban J connectivity index is 5.05. The van der Waals surface area contributed by atoms with Crippen molar-refractivity contribution in [3.8, 4) is 0 Å². The third kappa shape index (κ3) is 2.47. The van der Waals surface area contributed by atoms with E-state index in [1.807, 2.05) is 0 Å². The van der Waals surface area contributed by atoms with Crippen LogP contribution in [0.1, 0.15) is 41.5 Å². The molecule has 3 heteroatoms. The lowest BCUT2D eigenvalue weighted by atomic mass is 10.1. The van der Waals surface area contributed by atoms with Crippen molar-refractivity contribution in [1.82, 2.24) is 0 Å². The van der Waals surface area contributed by atoms with E-state index in [9.17, 15) is 4.79 Å². The number of carbonyl (C=O) groups is 1. The lowest BCUT2D eigenvalue weighted by molar-refractivity contribution is -0.978. The quantitative estimate of drug-likeness (QED) is 0.693. The fraction of sp³-hybridized carbons (Fsp3) is 0.909. The minimum absolute atomic E-state index is 0.215. The maximum Gasteiger partial charge on any atom is 0.359 e. The highest BCUT2D eigenvalue weighted by Gasteiger charge is 2.39. The number of carboxylic acid groups (broad SMARTS) is 1. The first-order valence-electron chi connectivity index (χ1n) is 5.34. The molecule has 0 aliphatic carbocycles. The summed E-state index contributed by atoms with van der Waals surface area (Å²) < 4.78 is 0.648. The summed E-state index contributed by atoms with van der Waals surface area (Å²) in [6, 6.07) is 1.02. The van der Waals surface area contributed by atoms with Crippen LogP contribution in [0.4, 0.5) is 0 Å². The standard InChI is InChI=1S/C11H23NO2/c1-8(2)12(9(3)4,10(5)6)7-11(13)14/h8-10H,7H2,1-6H3/p+1. The van der Waals surface area contributed by atoms with Gasteiger partial charge in [0.2, 0.25) is 0 Å². The summed E-state index contributed by atoms with van der Waals surface area (Å²) in [5, 5.41) is 8.98. The molecule has 0 aromatic heterocycles. The summed E-state index contributed by atoms with van der Waals surface area (Å²) in [6.45, 7) is 12.8. The Bertz CT molecular complexity index is 176. The highest BCUT2D eigenvalue weighted by atomic mass is 16.4. The van der Waals surface area contributed by atoms with Crippen molar-refractivity contribution in [3.05, 3.63) is 0 Å². The van der Waals surface area contributed by atoms with Gasteiger partial charge >= 0.3 is 5.97 Å². The molecule has 0 fully saturated rings. The molecule has 0 aliphatic rings. The zero-order chi connectivity index (χ0) is 11.5. The summed E-state index contributed by atoms with van der Waals surface area (Å²) >= 11 is 0. The number of quaternary nitrogens is 1. The van der Waals surface area contributed by atoms with E-state index in [0.717, 1.165) is 0 Å². The monoisotopic (exact) mass is 202 g/mol. The van der Waals surface area contributed by atoms with Gasteiger partial charge in [0, 0.05) is 0 Å². The summed E-state index contributed by atoms with van der Waals surface area (Å²) in [4.78, 5) is 10.9. The molecule has 0 radical (unpaired) electrons. The molecular weight excluding hydrogens is 178 g/mol. The van der Waals surface area contributed by atoms with E-state index in [0.29, 0.717) is 22.6 Å². The SMILES string of the molecule is CC(C)[N+](CC(=O)O)(C(C)C)C(C)C. The Morgan fingerprint density at radius 1 is 1.00 bits per heavy atom. The second-order valence-corrected chi connectivity index (χ2v) is 4.83. The molecule has 0 spiro atoms. The molecular formula is C11H24NO2+.